The predicted molar refractivity (Wildman–Crippen MR) is 58.8 cm³/mol. The van der Waals surface area contributed by atoms with Crippen molar-refractivity contribution in [3.63, 3.8) is 0 Å². The minimum atomic E-state index is 0.183. The first-order valence-corrected chi connectivity index (χ1v) is 5.35. The topological polar surface area (TPSA) is 38.0 Å². The average molecular weight is 241 g/mol. The van der Waals surface area contributed by atoms with Crippen LogP contribution in [-0.4, -0.2) is 6.54 Å². The van der Waals surface area contributed by atoms with Gasteiger partial charge in [-0.1, -0.05) is 15.9 Å². The second kappa shape index (κ2) is 3.68. The van der Waals surface area contributed by atoms with E-state index in [1.54, 1.807) is 0 Å². The zero-order valence-electron chi connectivity index (χ0n) is 7.39. The van der Waals surface area contributed by atoms with Gasteiger partial charge < -0.3 is 11.1 Å². The van der Waals surface area contributed by atoms with Crippen molar-refractivity contribution in [3.05, 3.63) is 28.2 Å². The highest BCUT2D eigenvalue weighted by Crippen LogP contribution is 2.29. The maximum Gasteiger partial charge on any atom is 0.0389 e. The molecule has 0 saturated heterocycles. The molecule has 1 heterocycles. The SMILES string of the molecule is NC1CCCNc2ccc(Br)cc21. The first-order chi connectivity index (χ1) is 6.27. The van der Waals surface area contributed by atoms with Crippen molar-refractivity contribution in [3.8, 4) is 0 Å². The molecule has 0 amide bonds. The van der Waals surface area contributed by atoms with E-state index in [4.69, 9.17) is 5.73 Å². The quantitative estimate of drug-likeness (QED) is 0.732. The lowest BCUT2D eigenvalue weighted by molar-refractivity contribution is 0.642. The normalized spacial score (nSPS) is 21.5. The standard InChI is InChI=1S/C10H13BrN2/c11-7-3-4-10-8(6-7)9(12)2-1-5-13-10/h3-4,6,9,13H,1-2,5,12H2. The molecule has 1 aromatic carbocycles. The molecule has 3 N–H and O–H groups in total. The number of hydrogen-bond donors (Lipinski definition) is 2. The van der Waals surface area contributed by atoms with Crippen LogP contribution in [0.3, 0.4) is 0 Å². The van der Waals surface area contributed by atoms with Crippen LogP contribution >= 0.6 is 15.9 Å². The lowest BCUT2D eigenvalue weighted by Gasteiger charge is -2.12. The van der Waals surface area contributed by atoms with Gasteiger partial charge in [0.25, 0.3) is 0 Å². The van der Waals surface area contributed by atoms with Crippen LogP contribution in [0.4, 0.5) is 5.69 Å². The summed E-state index contributed by atoms with van der Waals surface area (Å²) in [5, 5.41) is 3.38. The number of hydrogen-bond acceptors (Lipinski definition) is 2. The Bertz CT molecular complexity index is 312. The molecule has 2 rings (SSSR count). The van der Waals surface area contributed by atoms with Crippen LogP contribution in [0.25, 0.3) is 0 Å². The van der Waals surface area contributed by atoms with Gasteiger partial charge in [-0.2, -0.15) is 0 Å². The average Bonchev–Trinajstić information content (AvgIpc) is 2.29. The largest absolute Gasteiger partial charge is 0.385 e. The van der Waals surface area contributed by atoms with Gasteiger partial charge >= 0.3 is 0 Å². The molecular weight excluding hydrogens is 228 g/mol. The highest BCUT2D eigenvalue weighted by atomic mass is 79.9. The van der Waals surface area contributed by atoms with Gasteiger partial charge in [-0.25, -0.2) is 0 Å². The molecule has 1 aliphatic rings. The number of anilines is 1. The zero-order chi connectivity index (χ0) is 9.26. The molecule has 70 valence electrons. The Labute approximate surface area is 86.6 Å². The molecule has 0 spiro atoms. The first kappa shape index (κ1) is 9.03. The van der Waals surface area contributed by atoms with E-state index in [1.165, 1.54) is 11.3 Å². The van der Waals surface area contributed by atoms with Crippen LogP contribution in [0.15, 0.2) is 22.7 Å². The van der Waals surface area contributed by atoms with Crippen molar-refractivity contribution in [1.29, 1.82) is 0 Å². The summed E-state index contributed by atoms with van der Waals surface area (Å²) in [6, 6.07) is 6.43. The van der Waals surface area contributed by atoms with Gasteiger partial charge in [-0.15, -0.1) is 0 Å². The van der Waals surface area contributed by atoms with Crippen LogP contribution in [-0.2, 0) is 0 Å². The highest BCUT2D eigenvalue weighted by Gasteiger charge is 2.14. The number of fused-ring (bicyclic) bond motifs is 1. The summed E-state index contributed by atoms with van der Waals surface area (Å²) in [5.74, 6) is 0. The zero-order valence-corrected chi connectivity index (χ0v) is 8.97. The van der Waals surface area contributed by atoms with Crippen molar-refractivity contribution in [2.45, 2.75) is 18.9 Å². The first-order valence-electron chi connectivity index (χ1n) is 4.56. The molecule has 0 bridgehead atoms. The number of nitrogens with two attached hydrogens (primary N) is 1. The molecule has 0 aliphatic carbocycles. The Morgan fingerprint density at radius 2 is 2.31 bits per heavy atom. The van der Waals surface area contributed by atoms with Crippen LogP contribution in [0.5, 0.6) is 0 Å². The Balaban J connectivity index is 2.43. The van der Waals surface area contributed by atoms with Gasteiger partial charge in [-0.3, -0.25) is 0 Å². The summed E-state index contributed by atoms with van der Waals surface area (Å²) >= 11 is 3.46. The maximum atomic E-state index is 6.05. The third-order valence-electron chi connectivity index (χ3n) is 2.42. The number of benzene rings is 1. The summed E-state index contributed by atoms with van der Waals surface area (Å²) < 4.78 is 1.10. The number of rotatable bonds is 0. The molecule has 13 heavy (non-hydrogen) atoms. The molecule has 1 unspecified atom stereocenters. The van der Waals surface area contributed by atoms with E-state index in [1.807, 2.05) is 6.07 Å². The Hall–Kier alpha value is -0.540. The lowest BCUT2D eigenvalue weighted by atomic mass is 10.0. The molecule has 0 aromatic heterocycles. The van der Waals surface area contributed by atoms with Gasteiger partial charge in [0.05, 0.1) is 0 Å². The van der Waals surface area contributed by atoms with Crippen LogP contribution in [0, 0.1) is 0 Å². The number of halogens is 1. The smallest absolute Gasteiger partial charge is 0.0389 e. The van der Waals surface area contributed by atoms with E-state index < -0.39 is 0 Å². The van der Waals surface area contributed by atoms with Crippen molar-refractivity contribution in [1.82, 2.24) is 0 Å². The lowest BCUT2D eigenvalue weighted by Crippen LogP contribution is -2.09. The van der Waals surface area contributed by atoms with E-state index in [-0.39, 0.29) is 6.04 Å². The van der Waals surface area contributed by atoms with Gasteiger partial charge in [0.2, 0.25) is 0 Å². The third-order valence-corrected chi connectivity index (χ3v) is 2.91. The van der Waals surface area contributed by atoms with E-state index >= 15 is 0 Å². The van der Waals surface area contributed by atoms with Crippen molar-refractivity contribution >= 4 is 21.6 Å². The maximum absolute atomic E-state index is 6.05. The fourth-order valence-corrected chi connectivity index (χ4v) is 2.08. The Morgan fingerprint density at radius 3 is 3.15 bits per heavy atom. The molecule has 3 heteroatoms. The number of nitrogens with one attached hydrogen (secondary N) is 1. The minimum Gasteiger partial charge on any atom is -0.385 e. The van der Waals surface area contributed by atoms with Crippen LogP contribution in [0.2, 0.25) is 0 Å². The summed E-state index contributed by atoms with van der Waals surface area (Å²) in [7, 11) is 0. The van der Waals surface area contributed by atoms with Crippen LogP contribution < -0.4 is 11.1 Å². The second-order valence-electron chi connectivity index (χ2n) is 3.41. The molecule has 1 aliphatic heterocycles. The summed E-state index contributed by atoms with van der Waals surface area (Å²) in [5.41, 5.74) is 8.47. The summed E-state index contributed by atoms with van der Waals surface area (Å²) in [4.78, 5) is 0. The van der Waals surface area contributed by atoms with Gasteiger partial charge in [0.1, 0.15) is 0 Å². The third kappa shape index (κ3) is 1.86. The fourth-order valence-electron chi connectivity index (χ4n) is 1.70. The molecule has 2 nitrogen and oxygen atoms in total. The summed E-state index contributed by atoms with van der Waals surface area (Å²) in [6.07, 6.45) is 2.21. The molecule has 1 aromatic rings. The van der Waals surface area contributed by atoms with Gasteiger partial charge in [-0.05, 0) is 36.6 Å². The van der Waals surface area contributed by atoms with E-state index in [2.05, 4.69) is 33.4 Å². The summed E-state index contributed by atoms with van der Waals surface area (Å²) in [6.45, 7) is 1.03. The fraction of sp³-hybridized carbons (Fsp3) is 0.400. The molecule has 0 fully saturated rings. The molecule has 1 atom stereocenters. The van der Waals surface area contributed by atoms with Crippen molar-refractivity contribution in [2.75, 3.05) is 11.9 Å². The minimum absolute atomic E-state index is 0.183. The molecule has 0 saturated carbocycles. The van der Waals surface area contributed by atoms with E-state index in [0.717, 1.165) is 23.9 Å². The van der Waals surface area contributed by atoms with Gasteiger partial charge in [0.15, 0.2) is 0 Å². The van der Waals surface area contributed by atoms with Crippen molar-refractivity contribution in [2.24, 2.45) is 5.73 Å². The predicted octanol–water partition coefficient (Wildman–Crippen LogP) is 2.65. The monoisotopic (exact) mass is 240 g/mol. The Morgan fingerprint density at radius 1 is 1.46 bits per heavy atom. The second-order valence-corrected chi connectivity index (χ2v) is 4.32. The molecule has 0 radical (unpaired) electrons. The highest BCUT2D eigenvalue weighted by molar-refractivity contribution is 9.10. The van der Waals surface area contributed by atoms with Gasteiger partial charge in [0, 0.05) is 22.7 Å². The van der Waals surface area contributed by atoms with E-state index in [9.17, 15) is 0 Å². The van der Waals surface area contributed by atoms with E-state index in [0.29, 0.717) is 0 Å². The van der Waals surface area contributed by atoms with Crippen molar-refractivity contribution < 1.29 is 0 Å². The Kier molecular flexibility index (Phi) is 2.56. The molecular formula is C10H13BrN2. The van der Waals surface area contributed by atoms with Crippen LogP contribution in [0.1, 0.15) is 24.4 Å².